The summed E-state index contributed by atoms with van der Waals surface area (Å²) in [6, 6.07) is 8.56. The molecule has 0 bridgehead atoms. The largest absolute Gasteiger partial charge is 0.348 e. The van der Waals surface area contributed by atoms with Gasteiger partial charge in [-0.1, -0.05) is 31.2 Å². The van der Waals surface area contributed by atoms with Gasteiger partial charge in [0.25, 0.3) is 0 Å². The van der Waals surface area contributed by atoms with Crippen LogP contribution >= 0.6 is 0 Å². The fourth-order valence-corrected chi connectivity index (χ4v) is 2.31. The van der Waals surface area contributed by atoms with Crippen molar-refractivity contribution in [3.63, 3.8) is 0 Å². The van der Waals surface area contributed by atoms with Crippen molar-refractivity contribution in [2.75, 3.05) is 13.2 Å². The molecule has 3 nitrogen and oxygen atoms in total. The molecule has 0 amide bonds. The van der Waals surface area contributed by atoms with Crippen molar-refractivity contribution in [1.29, 1.82) is 0 Å². The SMILES string of the molecule is CCc1ccccc1CNCC1COC(C)(C)O1. The lowest BCUT2D eigenvalue weighted by Crippen LogP contribution is -2.30. The van der Waals surface area contributed by atoms with Crippen LogP contribution in [0.3, 0.4) is 0 Å². The first-order valence-corrected chi connectivity index (χ1v) is 6.70. The van der Waals surface area contributed by atoms with Crippen molar-refractivity contribution in [3.05, 3.63) is 35.4 Å². The van der Waals surface area contributed by atoms with Gasteiger partial charge >= 0.3 is 0 Å². The zero-order valence-corrected chi connectivity index (χ0v) is 11.5. The molecule has 0 saturated carbocycles. The minimum atomic E-state index is -0.423. The third kappa shape index (κ3) is 3.55. The number of aryl methyl sites for hydroxylation is 1. The van der Waals surface area contributed by atoms with Crippen molar-refractivity contribution in [2.45, 2.75) is 45.6 Å². The molecule has 3 heteroatoms. The van der Waals surface area contributed by atoms with E-state index in [4.69, 9.17) is 9.47 Å². The zero-order chi connectivity index (χ0) is 13.0. The minimum Gasteiger partial charge on any atom is -0.348 e. The Balaban J connectivity index is 1.79. The molecule has 1 aliphatic heterocycles. The van der Waals surface area contributed by atoms with Crippen LogP contribution < -0.4 is 5.32 Å². The maximum atomic E-state index is 5.76. The molecule has 1 aromatic carbocycles. The van der Waals surface area contributed by atoms with E-state index in [0.717, 1.165) is 19.5 Å². The molecule has 1 heterocycles. The Morgan fingerprint density at radius 1 is 1.28 bits per heavy atom. The van der Waals surface area contributed by atoms with Gasteiger partial charge in [0.1, 0.15) is 0 Å². The Morgan fingerprint density at radius 2 is 2.00 bits per heavy atom. The highest BCUT2D eigenvalue weighted by Crippen LogP contribution is 2.21. The summed E-state index contributed by atoms with van der Waals surface area (Å²) in [4.78, 5) is 0. The maximum absolute atomic E-state index is 5.76. The van der Waals surface area contributed by atoms with Gasteiger partial charge in [0.15, 0.2) is 5.79 Å². The van der Waals surface area contributed by atoms with E-state index in [0.29, 0.717) is 6.61 Å². The normalized spacial score (nSPS) is 22.3. The summed E-state index contributed by atoms with van der Waals surface area (Å²) >= 11 is 0. The Morgan fingerprint density at radius 3 is 2.61 bits per heavy atom. The number of ether oxygens (including phenoxy) is 2. The highest BCUT2D eigenvalue weighted by molar-refractivity contribution is 5.26. The second-order valence-electron chi connectivity index (χ2n) is 5.20. The van der Waals surface area contributed by atoms with Crippen molar-refractivity contribution < 1.29 is 9.47 Å². The molecule has 1 atom stereocenters. The number of hydrogen-bond donors (Lipinski definition) is 1. The molecule has 1 N–H and O–H groups in total. The summed E-state index contributed by atoms with van der Waals surface area (Å²) in [7, 11) is 0. The van der Waals surface area contributed by atoms with E-state index in [-0.39, 0.29) is 6.10 Å². The predicted octanol–water partition coefficient (Wildman–Crippen LogP) is 2.49. The molecule has 0 aromatic heterocycles. The molecule has 1 aliphatic rings. The van der Waals surface area contributed by atoms with Gasteiger partial charge in [-0.25, -0.2) is 0 Å². The molecule has 0 radical (unpaired) electrons. The van der Waals surface area contributed by atoms with E-state index in [1.807, 2.05) is 13.8 Å². The lowest BCUT2D eigenvalue weighted by Gasteiger charge is -2.17. The van der Waals surface area contributed by atoms with Gasteiger partial charge in [0, 0.05) is 13.1 Å². The maximum Gasteiger partial charge on any atom is 0.163 e. The average Bonchev–Trinajstić information content (AvgIpc) is 2.69. The lowest BCUT2D eigenvalue weighted by atomic mass is 10.1. The third-order valence-electron chi connectivity index (χ3n) is 3.25. The van der Waals surface area contributed by atoms with Crippen LogP contribution in [0.1, 0.15) is 31.9 Å². The van der Waals surface area contributed by atoms with Gasteiger partial charge in [-0.2, -0.15) is 0 Å². The van der Waals surface area contributed by atoms with Crippen LogP contribution in [0, 0.1) is 0 Å². The zero-order valence-electron chi connectivity index (χ0n) is 11.5. The Hall–Kier alpha value is -0.900. The van der Waals surface area contributed by atoms with Crippen molar-refractivity contribution in [1.82, 2.24) is 5.32 Å². The van der Waals surface area contributed by atoms with Gasteiger partial charge in [-0.15, -0.1) is 0 Å². The highest BCUT2D eigenvalue weighted by atomic mass is 16.7. The molecule has 100 valence electrons. The van der Waals surface area contributed by atoms with Crippen molar-refractivity contribution in [3.8, 4) is 0 Å². The van der Waals surface area contributed by atoms with E-state index in [2.05, 4.69) is 36.5 Å². The van der Waals surface area contributed by atoms with Gasteiger partial charge in [-0.05, 0) is 31.4 Å². The van der Waals surface area contributed by atoms with Crippen LogP contribution in [0.25, 0.3) is 0 Å². The number of nitrogens with one attached hydrogen (secondary N) is 1. The first-order chi connectivity index (χ1) is 8.61. The molecule has 0 aliphatic carbocycles. The second-order valence-corrected chi connectivity index (χ2v) is 5.20. The molecule has 1 fully saturated rings. The first-order valence-electron chi connectivity index (χ1n) is 6.70. The van der Waals surface area contributed by atoms with Gasteiger partial charge in [-0.3, -0.25) is 0 Å². The number of hydrogen-bond acceptors (Lipinski definition) is 3. The summed E-state index contributed by atoms with van der Waals surface area (Å²) in [5, 5.41) is 3.45. The van der Waals surface area contributed by atoms with E-state index < -0.39 is 5.79 Å². The van der Waals surface area contributed by atoms with Crippen LogP contribution in [0.5, 0.6) is 0 Å². The molecule has 18 heavy (non-hydrogen) atoms. The molecule has 0 spiro atoms. The Kier molecular flexibility index (Phi) is 4.38. The number of rotatable bonds is 5. The second kappa shape index (κ2) is 5.83. The fourth-order valence-electron chi connectivity index (χ4n) is 2.31. The van der Waals surface area contributed by atoms with Crippen molar-refractivity contribution >= 4 is 0 Å². The highest BCUT2D eigenvalue weighted by Gasteiger charge is 2.32. The summed E-state index contributed by atoms with van der Waals surface area (Å²) in [5.41, 5.74) is 2.78. The lowest BCUT2D eigenvalue weighted by molar-refractivity contribution is -0.137. The molecular formula is C15H23NO2. The Bertz CT molecular complexity index is 390. The standard InChI is InChI=1S/C15H23NO2/c1-4-12-7-5-6-8-13(12)9-16-10-14-11-17-15(2,3)18-14/h5-8,14,16H,4,9-11H2,1-3H3. The molecule has 1 unspecified atom stereocenters. The van der Waals surface area contributed by atoms with E-state index in [9.17, 15) is 0 Å². The van der Waals surface area contributed by atoms with Crippen LogP contribution in [-0.2, 0) is 22.4 Å². The van der Waals surface area contributed by atoms with E-state index in [1.165, 1.54) is 11.1 Å². The van der Waals surface area contributed by atoms with Crippen LogP contribution in [0.4, 0.5) is 0 Å². The quantitative estimate of drug-likeness (QED) is 0.869. The summed E-state index contributed by atoms with van der Waals surface area (Å²) < 4.78 is 11.3. The third-order valence-corrected chi connectivity index (χ3v) is 3.25. The summed E-state index contributed by atoms with van der Waals surface area (Å²) in [6.45, 7) is 8.51. The summed E-state index contributed by atoms with van der Waals surface area (Å²) in [6.07, 6.45) is 1.24. The van der Waals surface area contributed by atoms with E-state index >= 15 is 0 Å². The van der Waals surface area contributed by atoms with Gasteiger partial charge in [0.05, 0.1) is 12.7 Å². The molecule has 2 rings (SSSR count). The van der Waals surface area contributed by atoms with Crippen LogP contribution in [-0.4, -0.2) is 25.0 Å². The molecular weight excluding hydrogens is 226 g/mol. The van der Waals surface area contributed by atoms with Gasteiger partial charge < -0.3 is 14.8 Å². The average molecular weight is 249 g/mol. The molecule has 1 aromatic rings. The summed E-state index contributed by atoms with van der Waals surface area (Å²) in [5.74, 6) is -0.423. The van der Waals surface area contributed by atoms with Crippen LogP contribution in [0.2, 0.25) is 0 Å². The van der Waals surface area contributed by atoms with Gasteiger partial charge in [0.2, 0.25) is 0 Å². The monoisotopic (exact) mass is 249 g/mol. The predicted molar refractivity (Wildman–Crippen MR) is 72.4 cm³/mol. The fraction of sp³-hybridized carbons (Fsp3) is 0.600. The van der Waals surface area contributed by atoms with Crippen molar-refractivity contribution in [2.24, 2.45) is 0 Å². The Labute approximate surface area is 109 Å². The topological polar surface area (TPSA) is 30.5 Å². The first kappa shape index (κ1) is 13.5. The minimum absolute atomic E-state index is 0.161. The van der Waals surface area contributed by atoms with Crippen LogP contribution in [0.15, 0.2) is 24.3 Å². The number of benzene rings is 1. The molecule has 1 saturated heterocycles. The smallest absolute Gasteiger partial charge is 0.163 e. The van der Waals surface area contributed by atoms with E-state index in [1.54, 1.807) is 0 Å².